The second-order valence-electron chi connectivity index (χ2n) is 6.08. The number of rotatable bonds is 4. The first kappa shape index (κ1) is 17.8. The maximum atomic E-state index is 12.7. The number of carbonyl (C=O) groups excluding carboxylic acids is 1. The number of hydrogen-bond acceptors (Lipinski definition) is 3. The van der Waals surface area contributed by atoms with E-state index in [1.807, 2.05) is 13.8 Å². The molecule has 1 aliphatic rings. The fourth-order valence-corrected chi connectivity index (χ4v) is 4.35. The van der Waals surface area contributed by atoms with Crippen molar-refractivity contribution in [1.29, 1.82) is 0 Å². The fraction of sp³-hybridized carbons (Fsp3) is 0.353. The van der Waals surface area contributed by atoms with Crippen LogP contribution in [0.25, 0.3) is 0 Å². The van der Waals surface area contributed by atoms with Crippen molar-refractivity contribution in [2.24, 2.45) is 0 Å². The van der Waals surface area contributed by atoms with Crippen LogP contribution < -0.4 is 4.72 Å². The van der Waals surface area contributed by atoms with Gasteiger partial charge in [0.25, 0.3) is 15.9 Å². The lowest BCUT2D eigenvalue weighted by Gasteiger charge is -2.17. The van der Waals surface area contributed by atoms with Crippen molar-refractivity contribution >= 4 is 33.2 Å². The van der Waals surface area contributed by atoms with Gasteiger partial charge in [0.1, 0.15) is 10.6 Å². The number of anilines is 1. The molecule has 2 aromatic rings. The van der Waals surface area contributed by atoms with Gasteiger partial charge in [0.2, 0.25) is 0 Å². The molecular formula is C17H20ClN3O3S. The van der Waals surface area contributed by atoms with E-state index in [4.69, 9.17) is 11.6 Å². The molecule has 1 aromatic carbocycles. The van der Waals surface area contributed by atoms with Crippen LogP contribution >= 0.6 is 11.6 Å². The average molecular weight is 382 g/mol. The SMILES string of the molecule is CCN1CCCn2cc(S(=O)(=O)Nc3ccc(C)cc3Cl)cc2C1=O. The lowest BCUT2D eigenvalue weighted by atomic mass is 10.2. The van der Waals surface area contributed by atoms with Gasteiger partial charge in [0.15, 0.2) is 0 Å². The molecule has 1 N–H and O–H groups in total. The molecule has 0 spiro atoms. The second-order valence-corrected chi connectivity index (χ2v) is 8.17. The Morgan fingerprint density at radius 3 is 2.68 bits per heavy atom. The smallest absolute Gasteiger partial charge is 0.270 e. The van der Waals surface area contributed by atoms with Gasteiger partial charge in [-0.15, -0.1) is 0 Å². The summed E-state index contributed by atoms with van der Waals surface area (Å²) >= 11 is 6.11. The van der Waals surface area contributed by atoms with Gasteiger partial charge in [0, 0.05) is 25.8 Å². The molecule has 1 aliphatic heterocycles. The van der Waals surface area contributed by atoms with Crippen molar-refractivity contribution in [3.63, 3.8) is 0 Å². The number of hydrogen-bond donors (Lipinski definition) is 1. The third kappa shape index (κ3) is 3.52. The van der Waals surface area contributed by atoms with Crippen molar-refractivity contribution < 1.29 is 13.2 Å². The topological polar surface area (TPSA) is 71.4 Å². The van der Waals surface area contributed by atoms with Crippen molar-refractivity contribution in [1.82, 2.24) is 9.47 Å². The Labute approximate surface area is 152 Å². The molecule has 0 fully saturated rings. The van der Waals surface area contributed by atoms with Crippen molar-refractivity contribution in [3.05, 3.63) is 46.7 Å². The van der Waals surface area contributed by atoms with E-state index >= 15 is 0 Å². The third-order valence-electron chi connectivity index (χ3n) is 4.27. The molecule has 0 atom stereocenters. The molecule has 0 radical (unpaired) electrons. The highest BCUT2D eigenvalue weighted by Gasteiger charge is 2.26. The van der Waals surface area contributed by atoms with E-state index in [1.54, 1.807) is 27.7 Å². The Bertz CT molecular complexity index is 921. The first-order valence-corrected chi connectivity index (χ1v) is 9.96. The number of fused-ring (bicyclic) bond motifs is 1. The lowest BCUT2D eigenvalue weighted by Crippen LogP contribution is -2.30. The minimum absolute atomic E-state index is 0.0606. The highest BCUT2D eigenvalue weighted by Crippen LogP contribution is 2.27. The van der Waals surface area contributed by atoms with E-state index in [2.05, 4.69) is 4.72 Å². The summed E-state index contributed by atoms with van der Waals surface area (Å²) in [6.07, 6.45) is 2.30. The Kier molecular flexibility index (Phi) is 4.79. The molecule has 25 heavy (non-hydrogen) atoms. The van der Waals surface area contributed by atoms with Crippen LogP contribution in [0.5, 0.6) is 0 Å². The van der Waals surface area contributed by atoms with Gasteiger partial charge >= 0.3 is 0 Å². The van der Waals surface area contributed by atoms with Gasteiger partial charge in [-0.05, 0) is 44.0 Å². The number of aryl methyl sites for hydroxylation is 2. The number of benzene rings is 1. The molecule has 8 heteroatoms. The van der Waals surface area contributed by atoms with E-state index in [0.29, 0.717) is 36.0 Å². The molecule has 1 amide bonds. The van der Waals surface area contributed by atoms with Crippen molar-refractivity contribution in [2.75, 3.05) is 17.8 Å². The molecule has 3 rings (SSSR count). The Balaban J connectivity index is 1.94. The van der Waals surface area contributed by atoms with Crippen molar-refractivity contribution in [2.45, 2.75) is 31.7 Å². The molecule has 0 aliphatic carbocycles. The first-order valence-electron chi connectivity index (χ1n) is 8.10. The van der Waals surface area contributed by atoms with Crippen LogP contribution in [0.3, 0.4) is 0 Å². The minimum Gasteiger partial charge on any atom is -0.342 e. The van der Waals surface area contributed by atoms with Crippen LogP contribution in [-0.4, -0.2) is 36.9 Å². The van der Waals surface area contributed by atoms with E-state index in [9.17, 15) is 13.2 Å². The van der Waals surface area contributed by atoms with Crippen LogP contribution in [0.4, 0.5) is 5.69 Å². The maximum Gasteiger partial charge on any atom is 0.270 e. The second kappa shape index (κ2) is 6.72. The molecule has 0 saturated carbocycles. The monoisotopic (exact) mass is 381 g/mol. The Hall–Kier alpha value is -1.99. The number of nitrogens with zero attached hydrogens (tertiary/aromatic N) is 2. The molecule has 1 aromatic heterocycles. The van der Waals surface area contributed by atoms with Crippen LogP contribution in [-0.2, 0) is 16.6 Å². The number of aromatic nitrogens is 1. The number of halogens is 1. The van der Waals surface area contributed by atoms with E-state index in [0.717, 1.165) is 12.0 Å². The van der Waals surface area contributed by atoms with E-state index < -0.39 is 10.0 Å². The highest BCUT2D eigenvalue weighted by molar-refractivity contribution is 7.92. The summed E-state index contributed by atoms with van der Waals surface area (Å²) in [6.45, 7) is 5.67. The zero-order valence-corrected chi connectivity index (χ0v) is 15.7. The molecule has 0 unspecified atom stereocenters. The summed E-state index contributed by atoms with van der Waals surface area (Å²) in [5, 5.41) is 0.331. The quantitative estimate of drug-likeness (QED) is 0.884. The zero-order valence-electron chi connectivity index (χ0n) is 14.1. The summed E-state index contributed by atoms with van der Waals surface area (Å²) in [5.41, 5.74) is 1.65. The summed E-state index contributed by atoms with van der Waals surface area (Å²) in [4.78, 5) is 14.3. The van der Waals surface area contributed by atoms with Gasteiger partial charge in [-0.1, -0.05) is 17.7 Å². The molecule has 6 nitrogen and oxygen atoms in total. The van der Waals surface area contributed by atoms with Crippen LogP contribution in [0.2, 0.25) is 5.02 Å². The molecule has 134 valence electrons. The van der Waals surface area contributed by atoms with E-state index in [1.165, 1.54) is 12.3 Å². The maximum absolute atomic E-state index is 12.7. The van der Waals surface area contributed by atoms with Crippen LogP contribution in [0.15, 0.2) is 35.4 Å². The van der Waals surface area contributed by atoms with Crippen LogP contribution in [0, 0.1) is 6.92 Å². The summed E-state index contributed by atoms with van der Waals surface area (Å²) in [6, 6.07) is 6.53. The minimum atomic E-state index is -3.83. The molecule has 2 heterocycles. The van der Waals surface area contributed by atoms with Gasteiger partial charge in [-0.3, -0.25) is 9.52 Å². The van der Waals surface area contributed by atoms with Gasteiger partial charge < -0.3 is 9.47 Å². The molecular weight excluding hydrogens is 362 g/mol. The normalized spacial score (nSPS) is 15.0. The molecule has 0 bridgehead atoms. The number of nitrogens with one attached hydrogen (secondary N) is 1. The number of carbonyl (C=O) groups is 1. The zero-order chi connectivity index (χ0) is 18.2. The Morgan fingerprint density at radius 2 is 2.00 bits per heavy atom. The number of amides is 1. The van der Waals surface area contributed by atoms with Gasteiger partial charge in [0.05, 0.1) is 10.7 Å². The highest BCUT2D eigenvalue weighted by atomic mass is 35.5. The van der Waals surface area contributed by atoms with Gasteiger partial charge in [-0.25, -0.2) is 8.42 Å². The molecule has 0 saturated heterocycles. The summed E-state index contributed by atoms with van der Waals surface area (Å²) < 4.78 is 29.6. The Morgan fingerprint density at radius 1 is 1.24 bits per heavy atom. The first-order chi connectivity index (χ1) is 11.8. The predicted molar refractivity (Wildman–Crippen MR) is 97.6 cm³/mol. The lowest BCUT2D eigenvalue weighted by molar-refractivity contribution is 0.0766. The van der Waals surface area contributed by atoms with Crippen molar-refractivity contribution in [3.8, 4) is 0 Å². The predicted octanol–water partition coefficient (Wildman–Crippen LogP) is 3.12. The third-order valence-corrected chi connectivity index (χ3v) is 5.91. The summed E-state index contributed by atoms with van der Waals surface area (Å²) in [7, 11) is -3.83. The standard InChI is InChI=1S/C17H20ClN3O3S/c1-3-20-7-4-8-21-11-13(10-16(21)17(20)22)25(23,24)19-15-6-5-12(2)9-14(15)18/h5-6,9-11,19H,3-4,7-8H2,1-2H3. The van der Waals surface area contributed by atoms with Crippen LogP contribution in [0.1, 0.15) is 29.4 Å². The summed E-state index contributed by atoms with van der Waals surface area (Å²) in [5.74, 6) is -0.144. The van der Waals surface area contributed by atoms with Gasteiger partial charge in [-0.2, -0.15) is 0 Å². The van der Waals surface area contributed by atoms with E-state index in [-0.39, 0.29) is 10.8 Å². The number of sulfonamides is 1. The fourth-order valence-electron chi connectivity index (χ4n) is 2.90. The average Bonchev–Trinajstić information content (AvgIpc) is 2.93. The largest absolute Gasteiger partial charge is 0.342 e.